The molecular formula is C19H21ClN4O. The number of amides is 1. The van der Waals surface area contributed by atoms with Crippen LogP contribution in [0.1, 0.15) is 35.5 Å². The number of aromatic nitrogens is 3. The minimum atomic E-state index is -0.212. The summed E-state index contributed by atoms with van der Waals surface area (Å²) in [5, 5.41) is 8.54. The Hall–Kier alpha value is -2.40. The lowest BCUT2D eigenvalue weighted by Gasteiger charge is -2.09. The van der Waals surface area contributed by atoms with Crippen LogP contribution in [0, 0.1) is 19.8 Å². The summed E-state index contributed by atoms with van der Waals surface area (Å²) in [5.41, 5.74) is 3.84. The van der Waals surface area contributed by atoms with Gasteiger partial charge in [-0.3, -0.25) is 4.79 Å². The van der Waals surface area contributed by atoms with Crippen LogP contribution in [0.2, 0.25) is 5.02 Å². The third-order valence-electron chi connectivity index (χ3n) is 4.00. The second-order valence-corrected chi connectivity index (χ2v) is 7.00. The van der Waals surface area contributed by atoms with Gasteiger partial charge in [-0.05, 0) is 31.9 Å². The van der Waals surface area contributed by atoms with Crippen LogP contribution in [0.15, 0.2) is 30.5 Å². The van der Waals surface area contributed by atoms with E-state index in [-0.39, 0.29) is 5.91 Å². The highest BCUT2D eigenvalue weighted by molar-refractivity contribution is 6.38. The number of fused-ring (bicyclic) bond motifs is 1. The van der Waals surface area contributed by atoms with Crippen molar-refractivity contribution in [3.63, 3.8) is 0 Å². The van der Waals surface area contributed by atoms with Crippen molar-refractivity contribution in [3.05, 3.63) is 52.3 Å². The lowest BCUT2D eigenvalue weighted by atomic mass is 10.1. The van der Waals surface area contributed by atoms with E-state index in [1.807, 2.05) is 52.0 Å². The number of halogens is 1. The monoisotopic (exact) mass is 356 g/mol. The fraction of sp³-hybridized carbons (Fsp3) is 0.316. The largest absolute Gasteiger partial charge is 0.352 e. The van der Waals surface area contributed by atoms with Gasteiger partial charge in [-0.25, -0.2) is 9.67 Å². The van der Waals surface area contributed by atoms with Gasteiger partial charge in [0.05, 0.1) is 27.4 Å². The Morgan fingerprint density at radius 2 is 1.92 bits per heavy atom. The minimum Gasteiger partial charge on any atom is -0.352 e. The zero-order valence-corrected chi connectivity index (χ0v) is 15.6. The molecule has 0 atom stereocenters. The fourth-order valence-electron chi connectivity index (χ4n) is 2.62. The molecule has 130 valence electrons. The molecule has 1 amide bonds. The average molecular weight is 357 g/mol. The maximum atomic E-state index is 12.4. The summed E-state index contributed by atoms with van der Waals surface area (Å²) in [4.78, 5) is 16.8. The maximum Gasteiger partial charge on any atom is 0.254 e. The molecule has 0 aliphatic rings. The van der Waals surface area contributed by atoms with Gasteiger partial charge in [-0.2, -0.15) is 5.10 Å². The normalized spacial score (nSPS) is 11.3. The molecule has 5 nitrogen and oxygen atoms in total. The summed E-state index contributed by atoms with van der Waals surface area (Å²) in [7, 11) is 0. The molecule has 3 aromatic rings. The van der Waals surface area contributed by atoms with E-state index in [0.29, 0.717) is 34.1 Å². The molecule has 0 saturated carbocycles. The number of hydrogen-bond acceptors (Lipinski definition) is 3. The Labute approximate surface area is 152 Å². The van der Waals surface area contributed by atoms with E-state index in [1.54, 1.807) is 4.68 Å². The molecule has 1 aromatic carbocycles. The molecule has 0 bridgehead atoms. The zero-order chi connectivity index (χ0) is 18.1. The number of nitrogens with zero attached hydrogens (tertiary/aromatic N) is 3. The van der Waals surface area contributed by atoms with Crippen molar-refractivity contribution in [2.24, 2.45) is 5.92 Å². The number of aryl methyl sites for hydroxylation is 2. The van der Waals surface area contributed by atoms with E-state index in [2.05, 4.69) is 15.4 Å². The van der Waals surface area contributed by atoms with Crippen LogP contribution in [0.3, 0.4) is 0 Å². The van der Waals surface area contributed by atoms with Crippen molar-refractivity contribution in [1.82, 2.24) is 20.1 Å². The van der Waals surface area contributed by atoms with Crippen LogP contribution in [0.5, 0.6) is 0 Å². The number of carbonyl (C=O) groups excluding carboxylic acids is 1. The molecule has 2 heterocycles. The van der Waals surface area contributed by atoms with E-state index in [4.69, 9.17) is 11.6 Å². The van der Waals surface area contributed by atoms with Crippen LogP contribution in [-0.2, 0) is 0 Å². The average Bonchev–Trinajstić information content (AvgIpc) is 2.91. The van der Waals surface area contributed by atoms with Crippen molar-refractivity contribution in [2.75, 3.05) is 6.54 Å². The Balaban J connectivity index is 2.07. The first-order chi connectivity index (χ1) is 11.9. The summed E-state index contributed by atoms with van der Waals surface area (Å²) >= 11 is 6.53. The quantitative estimate of drug-likeness (QED) is 0.766. The highest BCUT2D eigenvalue weighted by Gasteiger charge is 2.19. The van der Waals surface area contributed by atoms with Gasteiger partial charge in [0.15, 0.2) is 5.65 Å². The first-order valence-corrected chi connectivity index (χ1v) is 8.65. The first-order valence-electron chi connectivity index (χ1n) is 8.27. The maximum absolute atomic E-state index is 12.4. The highest BCUT2D eigenvalue weighted by Crippen LogP contribution is 2.30. The summed E-state index contributed by atoms with van der Waals surface area (Å²) < 4.78 is 1.76. The van der Waals surface area contributed by atoms with Gasteiger partial charge in [-0.15, -0.1) is 0 Å². The molecule has 6 heteroatoms. The number of hydrogen-bond donors (Lipinski definition) is 1. The van der Waals surface area contributed by atoms with Crippen LogP contribution in [0.4, 0.5) is 0 Å². The van der Waals surface area contributed by atoms with Gasteiger partial charge in [0.1, 0.15) is 0 Å². The predicted octanol–water partition coefficient (Wildman–Crippen LogP) is 4.08. The summed E-state index contributed by atoms with van der Waals surface area (Å²) in [5.74, 6) is 0.154. The van der Waals surface area contributed by atoms with E-state index in [0.717, 1.165) is 11.4 Å². The van der Waals surface area contributed by atoms with E-state index in [1.165, 1.54) is 11.8 Å². The number of benzene rings is 1. The number of nitrogens with one attached hydrogen (secondary N) is 1. The van der Waals surface area contributed by atoms with Crippen LogP contribution in [-0.4, -0.2) is 27.2 Å². The third-order valence-corrected chi connectivity index (χ3v) is 4.39. The van der Waals surface area contributed by atoms with E-state index >= 15 is 0 Å². The van der Waals surface area contributed by atoms with Gasteiger partial charge in [0, 0.05) is 12.7 Å². The van der Waals surface area contributed by atoms with E-state index < -0.39 is 0 Å². The lowest BCUT2D eigenvalue weighted by Crippen LogP contribution is -2.27. The molecule has 0 spiro atoms. The molecule has 0 aliphatic heterocycles. The molecule has 0 saturated heterocycles. The zero-order valence-electron chi connectivity index (χ0n) is 14.8. The van der Waals surface area contributed by atoms with Crippen molar-refractivity contribution in [1.29, 1.82) is 0 Å². The third kappa shape index (κ3) is 3.37. The topological polar surface area (TPSA) is 59.8 Å². The van der Waals surface area contributed by atoms with Crippen LogP contribution < -0.4 is 5.32 Å². The molecule has 0 aliphatic carbocycles. The molecule has 25 heavy (non-hydrogen) atoms. The van der Waals surface area contributed by atoms with Gasteiger partial charge in [-0.1, -0.05) is 43.1 Å². The Kier molecular flexibility index (Phi) is 4.77. The number of pyridine rings is 1. The highest BCUT2D eigenvalue weighted by atomic mass is 35.5. The SMILES string of the molecule is Cc1ccc(-n2nc(C)c3c(Cl)c(C(=O)NCC(C)C)cnc32)cc1. The summed E-state index contributed by atoms with van der Waals surface area (Å²) in [6, 6.07) is 8.02. The molecule has 1 N–H and O–H groups in total. The Bertz CT molecular complexity index is 929. The van der Waals surface area contributed by atoms with Gasteiger partial charge < -0.3 is 5.32 Å². The van der Waals surface area contributed by atoms with Crippen molar-refractivity contribution >= 4 is 28.5 Å². The van der Waals surface area contributed by atoms with E-state index in [9.17, 15) is 4.79 Å². The van der Waals surface area contributed by atoms with Gasteiger partial charge in [0.25, 0.3) is 5.91 Å². The minimum absolute atomic E-state index is 0.212. The first kappa shape index (κ1) is 17.4. The van der Waals surface area contributed by atoms with Gasteiger partial charge >= 0.3 is 0 Å². The second-order valence-electron chi connectivity index (χ2n) is 6.62. The standard InChI is InChI=1S/C19H21ClN4O/c1-11(2)9-22-19(25)15-10-21-18-16(17(15)20)13(4)23-24(18)14-7-5-12(3)6-8-14/h5-8,10-11H,9H2,1-4H3,(H,22,25). The molecule has 0 unspecified atom stereocenters. The summed E-state index contributed by atoms with van der Waals surface area (Å²) in [6.45, 7) is 8.58. The fourth-order valence-corrected chi connectivity index (χ4v) is 2.98. The van der Waals surface area contributed by atoms with Crippen LogP contribution in [0.25, 0.3) is 16.7 Å². The Morgan fingerprint density at radius 3 is 2.56 bits per heavy atom. The number of carbonyl (C=O) groups is 1. The van der Waals surface area contributed by atoms with Crippen molar-refractivity contribution < 1.29 is 4.79 Å². The molecule has 3 rings (SSSR count). The second kappa shape index (κ2) is 6.84. The van der Waals surface area contributed by atoms with Gasteiger partial charge in [0.2, 0.25) is 0 Å². The lowest BCUT2D eigenvalue weighted by molar-refractivity contribution is 0.0949. The molecule has 0 fully saturated rings. The molecule has 2 aromatic heterocycles. The van der Waals surface area contributed by atoms with Crippen molar-refractivity contribution in [2.45, 2.75) is 27.7 Å². The molecule has 0 radical (unpaired) electrons. The van der Waals surface area contributed by atoms with Crippen molar-refractivity contribution in [3.8, 4) is 5.69 Å². The van der Waals surface area contributed by atoms with Crippen LogP contribution >= 0.6 is 11.6 Å². The predicted molar refractivity (Wildman–Crippen MR) is 101 cm³/mol. The Morgan fingerprint density at radius 1 is 1.24 bits per heavy atom. The number of rotatable bonds is 4. The summed E-state index contributed by atoms with van der Waals surface area (Å²) in [6.07, 6.45) is 1.52. The molecular weight excluding hydrogens is 336 g/mol. The smallest absolute Gasteiger partial charge is 0.254 e.